The fraction of sp³-hybridized carbons (Fsp3) is 0.467. The zero-order valence-corrected chi connectivity index (χ0v) is 11.8. The molecule has 1 aliphatic heterocycles. The molecule has 7 heteroatoms. The van der Waals surface area contributed by atoms with Crippen LogP contribution in [0.1, 0.15) is 6.42 Å². The molecule has 2 unspecified atom stereocenters. The summed E-state index contributed by atoms with van der Waals surface area (Å²) in [6, 6.07) is 3.30. The van der Waals surface area contributed by atoms with Crippen LogP contribution < -0.4 is 4.90 Å². The van der Waals surface area contributed by atoms with Gasteiger partial charge in [-0.3, -0.25) is 9.59 Å². The molecular formula is C15H16F2N2O3. The van der Waals surface area contributed by atoms with Gasteiger partial charge in [-0.2, -0.15) is 0 Å². The van der Waals surface area contributed by atoms with Crippen LogP contribution in [-0.2, 0) is 9.59 Å². The SMILES string of the molecule is O=C(O)C1CC1C(=O)N1CCN(c2cc(F)ccc2F)CC1. The number of aliphatic carboxylic acids is 1. The maximum Gasteiger partial charge on any atom is 0.307 e. The lowest BCUT2D eigenvalue weighted by atomic mass is 10.2. The first-order valence-electron chi connectivity index (χ1n) is 7.19. The van der Waals surface area contributed by atoms with Gasteiger partial charge in [-0.05, 0) is 18.6 Å². The van der Waals surface area contributed by atoms with Gasteiger partial charge < -0.3 is 14.9 Å². The Morgan fingerprint density at radius 1 is 1.09 bits per heavy atom. The molecule has 22 heavy (non-hydrogen) atoms. The summed E-state index contributed by atoms with van der Waals surface area (Å²) in [5, 5.41) is 8.86. The zero-order valence-electron chi connectivity index (χ0n) is 11.8. The smallest absolute Gasteiger partial charge is 0.307 e. The minimum absolute atomic E-state index is 0.147. The van der Waals surface area contributed by atoms with E-state index >= 15 is 0 Å². The number of carbonyl (C=O) groups excluding carboxylic acids is 1. The van der Waals surface area contributed by atoms with E-state index < -0.39 is 29.4 Å². The highest BCUT2D eigenvalue weighted by Gasteiger charge is 2.50. The van der Waals surface area contributed by atoms with Crippen LogP contribution in [0.25, 0.3) is 0 Å². The molecule has 1 amide bonds. The van der Waals surface area contributed by atoms with Gasteiger partial charge in [0.1, 0.15) is 11.6 Å². The molecule has 1 saturated carbocycles. The summed E-state index contributed by atoms with van der Waals surface area (Å²) in [6.45, 7) is 1.57. The third kappa shape index (κ3) is 2.75. The summed E-state index contributed by atoms with van der Waals surface area (Å²) in [5.74, 6) is -3.06. The van der Waals surface area contributed by atoms with Gasteiger partial charge in [0.15, 0.2) is 0 Å². The maximum atomic E-state index is 13.7. The standard InChI is InChI=1S/C15H16F2N2O3/c16-9-1-2-12(17)13(7-9)18-3-5-19(6-4-18)14(20)10-8-11(10)15(21)22/h1-2,7,10-11H,3-6,8H2,(H,21,22). The second-order valence-electron chi connectivity index (χ2n) is 5.69. The van der Waals surface area contributed by atoms with Crippen LogP contribution in [0.2, 0.25) is 0 Å². The lowest BCUT2D eigenvalue weighted by molar-refractivity contribution is -0.142. The van der Waals surface area contributed by atoms with Crippen molar-refractivity contribution in [2.45, 2.75) is 6.42 Å². The molecule has 0 bridgehead atoms. The average Bonchev–Trinajstić information content (AvgIpc) is 3.30. The van der Waals surface area contributed by atoms with Gasteiger partial charge >= 0.3 is 5.97 Å². The second-order valence-corrected chi connectivity index (χ2v) is 5.69. The number of benzene rings is 1. The normalized spacial score (nSPS) is 24.3. The summed E-state index contributed by atoms with van der Waals surface area (Å²) >= 11 is 0. The summed E-state index contributed by atoms with van der Waals surface area (Å²) in [7, 11) is 0. The molecule has 1 aromatic rings. The largest absolute Gasteiger partial charge is 0.481 e. The highest BCUT2D eigenvalue weighted by Crippen LogP contribution is 2.40. The number of carboxylic acids is 1. The van der Waals surface area contributed by atoms with Crippen LogP contribution in [0.3, 0.4) is 0 Å². The summed E-state index contributed by atoms with van der Waals surface area (Å²) < 4.78 is 27.0. The van der Waals surface area contributed by atoms with Gasteiger partial charge in [0, 0.05) is 32.2 Å². The number of rotatable bonds is 3. The summed E-state index contributed by atoms with van der Waals surface area (Å²) in [4.78, 5) is 26.3. The van der Waals surface area contributed by atoms with Gasteiger partial charge in [-0.25, -0.2) is 8.78 Å². The topological polar surface area (TPSA) is 60.9 Å². The molecule has 3 rings (SSSR count). The van der Waals surface area contributed by atoms with Crippen molar-refractivity contribution in [3.05, 3.63) is 29.8 Å². The molecule has 5 nitrogen and oxygen atoms in total. The van der Waals surface area contributed by atoms with E-state index in [1.807, 2.05) is 0 Å². The molecule has 118 valence electrons. The Bertz CT molecular complexity index is 615. The Kier molecular flexibility index (Phi) is 3.72. The number of carbonyl (C=O) groups is 2. The Labute approximate surface area is 126 Å². The number of halogens is 2. The first-order chi connectivity index (χ1) is 10.5. The number of nitrogens with zero attached hydrogens (tertiary/aromatic N) is 2. The zero-order chi connectivity index (χ0) is 15.9. The van der Waals surface area contributed by atoms with Gasteiger partial charge in [-0.1, -0.05) is 0 Å². The molecule has 1 aliphatic carbocycles. The highest BCUT2D eigenvalue weighted by atomic mass is 19.1. The van der Waals surface area contributed by atoms with Crippen molar-refractivity contribution in [1.82, 2.24) is 4.90 Å². The molecule has 2 atom stereocenters. The fourth-order valence-corrected chi connectivity index (χ4v) is 2.87. The monoisotopic (exact) mass is 310 g/mol. The molecule has 0 radical (unpaired) electrons. The van der Waals surface area contributed by atoms with E-state index in [2.05, 4.69) is 0 Å². The Hall–Kier alpha value is -2.18. The lowest BCUT2D eigenvalue weighted by Crippen LogP contribution is -2.49. The Morgan fingerprint density at radius 2 is 1.77 bits per heavy atom. The van der Waals surface area contributed by atoms with Crippen LogP contribution in [0.15, 0.2) is 18.2 Å². The van der Waals surface area contributed by atoms with Gasteiger partial charge in [0.05, 0.1) is 17.5 Å². The van der Waals surface area contributed by atoms with Gasteiger partial charge in [0.25, 0.3) is 0 Å². The van der Waals surface area contributed by atoms with Crippen LogP contribution >= 0.6 is 0 Å². The number of hydrogen-bond donors (Lipinski definition) is 1. The van der Waals surface area contributed by atoms with Crippen molar-refractivity contribution in [2.75, 3.05) is 31.1 Å². The van der Waals surface area contributed by atoms with Crippen LogP contribution in [0.5, 0.6) is 0 Å². The number of anilines is 1. The quantitative estimate of drug-likeness (QED) is 0.915. The van der Waals surface area contributed by atoms with E-state index in [1.165, 1.54) is 0 Å². The van der Waals surface area contributed by atoms with Crippen molar-refractivity contribution in [3.63, 3.8) is 0 Å². The summed E-state index contributed by atoms with van der Waals surface area (Å²) in [5.41, 5.74) is 0.196. The van der Waals surface area contributed by atoms with E-state index in [-0.39, 0.29) is 11.6 Å². The molecule has 0 spiro atoms. The number of hydrogen-bond acceptors (Lipinski definition) is 3. The Morgan fingerprint density at radius 3 is 2.36 bits per heavy atom. The molecule has 1 N–H and O–H groups in total. The van der Waals surface area contributed by atoms with Crippen molar-refractivity contribution in [2.24, 2.45) is 11.8 Å². The van der Waals surface area contributed by atoms with Gasteiger partial charge in [0.2, 0.25) is 5.91 Å². The van der Waals surface area contributed by atoms with Crippen molar-refractivity contribution < 1.29 is 23.5 Å². The first kappa shape index (κ1) is 14.7. The molecular weight excluding hydrogens is 294 g/mol. The lowest BCUT2D eigenvalue weighted by Gasteiger charge is -2.36. The molecule has 2 aliphatic rings. The predicted molar refractivity (Wildman–Crippen MR) is 74.4 cm³/mol. The first-order valence-corrected chi connectivity index (χ1v) is 7.19. The van der Waals surface area contributed by atoms with Crippen molar-refractivity contribution >= 4 is 17.6 Å². The van der Waals surface area contributed by atoms with Gasteiger partial charge in [-0.15, -0.1) is 0 Å². The van der Waals surface area contributed by atoms with E-state index in [4.69, 9.17) is 5.11 Å². The van der Waals surface area contributed by atoms with Crippen LogP contribution in [0.4, 0.5) is 14.5 Å². The van der Waals surface area contributed by atoms with E-state index in [0.29, 0.717) is 32.6 Å². The molecule has 0 aromatic heterocycles. The average molecular weight is 310 g/mol. The minimum Gasteiger partial charge on any atom is -0.481 e. The predicted octanol–water partition coefficient (Wildman–Crippen LogP) is 1.33. The number of carboxylic acid groups (broad SMARTS) is 1. The summed E-state index contributed by atoms with van der Waals surface area (Å²) in [6.07, 6.45) is 0.396. The van der Waals surface area contributed by atoms with Crippen molar-refractivity contribution in [3.8, 4) is 0 Å². The molecule has 1 saturated heterocycles. The van der Waals surface area contributed by atoms with E-state index in [0.717, 1.165) is 18.2 Å². The Balaban J connectivity index is 1.60. The van der Waals surface area contributed by atoms with Crippen LogP contribution in [-0.4, -0.2) is 48.1 Å². The number of amides is 1. The molecule has 1 heterocycles. The second kappa shape index (κ2) is 5.55. The fourth-order valence-electron chi connectivity index (χ4n) is 2.87. The number of piperazine rings is 1. The van der Waals surface area contributed by atoms with Crippen LogP contribution in [0, 0.1) is 23.5 Å². The van der Waals surface area contributed by atoms with E-state index in [9.17, 15) is 18.4 Å². The van der Waals surface area contributed by atoms with E-state index in [1.54, 1.807) is 9.80 Å². The van der Waals surface area contributed by atoms with Crippen molar-refractivity contribution in [1.29, 1.82) is 0 Å². The minimum atomic E-state index is -0.932. The molecule has 1 aromatic carbocycles. The third-order valence-electron chi connectivity index (χ3n) is 4.27. The highest BCUT2D eigenvalue weighted by molar-refractivity contribution is 5.89. The third-order valence-corrected chi connectivity index (χ3v) is 4.27. The maximum absolute atomic E-state index is 13.7. The molecule has 2 fully saturated rings.